The van der Waals surface area contributed by atoms with E-state index in [1.165, 1.54) is 0 Å². The zero-order valence-electron chi connectivity index (χ0n) is 13.0. The molecule has 0 atom stereocenters. The standard InChI is InChI=1S/C19H18O3/c1-4-21-19(20)22-18-15-8-6-5-7-14(15)11-16-12(2)9-10-13(3)17(16)18/h5-11H,4H2,1-3H3. The van der Waals surface area contributed by atoms with Gasteiger partial charge < -0.3 is 9.47 Å². The Bertz CT molecular complexity index is 865. The van der Waals surface area contributed by atoms with Crippen molar-refractivity contribution in [3.63, 3.8) is 0 Å². The summed E-state index contributed by atoms with van der Waals surface area (Å²) in [5, 5.41) is 4.02. The Hall–Kier alpha value is -2.55. The number of aryl methyl sites for hydroxylation is 2. The van der Waals surface area contributed by atoms with Crippen molar-refractivity contribution in [1.29, 1.82) is 0 Å². The molecule has 3 aromatic carbocycles. The Morgan fingerprint density at radius 3 is 2.50 bits per heavy atom. The highest BCUT2D eigenvalue weighted by Crippen LogP contribution is 2.38. The molecule has 0 spiro atoms. The van der Waals surface area contributed by atoms with Crippen LogP contribution in [0.15, 0.2) is 42.5 Å². The van der Waals surface area contributed by atoms with Gasteiger partial charge in [0.2, 0.25) is 0 Å². The lowest BCUT2D eigenvalue weighted by molar-refractivity contribution is 0.105. The first-order valence-corrected chi connectivity index (χ1v) is 7.38. The van der Waals surface area contributed by atoms with Gasteiger partial charge in [-0.25, -0.2) is 4.79 Å². The summed E-state index contributed by atoms with van der Waals surface area (Å²) in [5.74, 6) is 0.577. The second-order valence-electron chi connectivity index (χ2n) is 5.33. The zero-order valence-corrected chi connectivity index (χ0v) is 13.0. The fraction of sp³-hybridized carbons (Fsp3) is 0.211. The molecular formula is C19H18O3. The van der Waals surface area contributed by atoms with Gasteiger partial charge in [0.05, 0.1) is 6.61 Å². The molecule has 0 unspecified atom stereocenters. The molecule has 0 heterocycles. The van der Waals surface area contributed by atoms with Gasteiger partial charge in [-0.1, -0.05) is 36.4 Å². The van der Waals surface area contributed by atoms with E-state index in [0.29, 0.717) is 12.4 Å². The van der Waals surface area contributed by atoms with Crippen LogP contribution in [0.5, 0.6) is 5.75 Å². The Balaban J connectivity index is 2.36. The SMILES string of the molecule is CCOC(=O)Oc1c2ccccc2cc2c(C)ccc(C)c12. The third kappa shape index (κ3) is 2.39. The molecule has 0 radical (unpaired) electrons. The number of fused-ring (bicyclic) bond motifs is 2. The highest BCUT2D eigenvalue weighted by atomic mass is 16.7. The van der Waals surface area contributed by atoms with E-state index >= 15 is 0 Å². The minimum absolute atomic E-state index is 0.291. The van der Waals surface area contributed by atoms with Crippen molar-refractivity contribution in [3.05, 3.63) is 53.6 Å². The van der Waals surface area contributed by atoms with Gasteiger partial charge in [0, 0.05) is 10.8 Å². The zero-order chi connectivity index (χ0) is 15.7. The summed E-state index contributed by atoms with van der Waals surface area (Å²) >= 11 is 0. The monoisotopic (exact) mass is 294 g/mol. The summed E-state index contributed by atoms with van der Waals surface area (Å²) in [6, 6.07) is 14.2. The van der Waals surface area contributed by atoms with Gasteiger partial charge in [-0.2, -0.15) is 0 Å². The van der Waals surface area contributed by atoms with Crippen molar-refractivity contribution in [2.75, 3.05) is 6.61 Å². The number of benzene rings is 3. The molecule has 112 valence electrons. The van der Waals surface area contributed by atoms with Crippen molar-refractivity contribution in [1.82, 2.24) is 0 Å². The predicted octanol–water partition coefficient (Wildman–Crippen LogP) is 5.15. The van der Waals surface area contributed by atoms with Gasteiger partial charge in [0.15, 0.2) is 0 Å². The van der Waals surface area contributed by atoms with Crippen molar-refractivity contribution in [3.8, 4) is 5.75 Å². The van der Waals surface area contributed by atoms with Crippen LogP contribution in [-0.2, 0) is 4.74 Å². The van der Waals surface area contributed by atoms with E-state index in [1.807, 2.05) is 37.3 Å². The van der Waals surface area contributed by atoms with Crippen molar-refractivity contribution < 1.29 is 14.3 Å². The van der Waals surface area contributed by atoms with Gasteiger partial charge in [-0.15, -0.1) is 0 Å². The molecule has 3 nitrogen and oxygen atoms in total. The fourth-order valence-electron chi connectivity index (χ4n) is 2.78. The van der Waals surface area contributed by atoms with Crippen LogP contribution in [-0.4, -0.2) is 12.8 Å². The Morgan fingerprint density at radius 1 is 1.00 bits per heavy atom. The largest absolute Gasteiger partial charge is 0.513 e. The average Bonchev–Trinajstić information content (AvgIpc) is 2.51. The molecule has 3 heteroatoms. The molecule has 0 saturated carbocycles. The predicted molar refractivity (Wildman–Crippen MR) is 88.6 cm³/mol. The van der Waals surface area contributed by atoms with Crippen LogP contribution in [0.3, 0.4) is 0 Å². The summed E-state index contributed by atoms with van der Waals surface area (Å²) in [6.07, 6.45) is -0.666. The molecule has 0 aliphatic carbocycles. The molecule has 0 aliphatic rings. The van der Waals surface area contributed by atoms with E-state index in [9.17, 15) is 4.79 Å². The maximum absolute atomic E-state index is 11.9. The first-order chi connectivity index (χ1) is 10.6. The van der Waals surface area contributed by atoms with E-state index in [-0.39, 0.29) is 0 Å². The minimum atomic E-state index is -0.666. The summed E-state index contributed by atoms with van der Waals surface area (Å²) < 4.78 is 10.5. The molecule has 0 amide bonds. The van der Waals surface area contributed by atoms with Crippen LogP contribution in [0.1, 0.15) is 18.1 Å². The lowest BCUT2D eigenvalue weighted by Gasteiger charge is -2.14. The van der Waals surface area contributed by atoms with Gasteiger partial charge in [0.1, 0.15) is 5.75 Å². The first-order valence-electron chi connectivity index (χ1n) is 7.38. The van der Waals surface area contributed by atoms with E-state index in [1.54, 1.807) is 6.92 Å². The summed E-state index contributed by atoms with van der Waals surface area (Å²) in [4.78, 5) is 11.9. The van der Waals surface area contributed by atoms with E-state index in [0.717, 1.165) is 32.7 Å². The van der Waals surface area contributed by atoms with Gasteiger partial charge in [0.25, 0.3) is 0 Å². The maximum atomic E-state index is 11.9. The number of carbonyl (C=O) groups excluding carboxylic acids is 1. The number of carbonyl (C=O) groups is 1. The number of hydrogen-bond acceptors (Lipinski definition) is 3. The molecule has 0 aliphatic heterocycles. The number of ether oxygens (including phenoxy) is 2. The molecule has 22 heavy (non-hydrogen) atoms. The number of hydrogen-bond donors (Lipinski definition) is 0. The molecule has 0 fully saturated rings. The summed E-state index contributed by atoms with van der Waals surface area (Å²) in [7, 11) is 0. The Kier molecular flexibility index (Phi) is 3.72. The van der Waals surface area contributed by atoms with E-state index < -0.39 is 6.16 Å². The fourth-order valence-corrected chi connectivity index (χ4v) is 2.78. The normalized spacial score (nSPS) is 10.9. The van der Waals surface area contributed by atoms with Crippen molar-refractivity contribution >= 4 is 27.7 Å². The molecule has 0 bridgehead atoms. The van der Waals surface area contributed by atoms with Crippen LogP contribution in [0, 0.1) is 13.8 Å². The number of rotatable bonds is 2. The third-order valence-corrected chi connectivity index (χ3v) is 3.85. The van der Waals surface area contributed by atoms with Gasteiger partial charge in [-0.3, -0.25) is 0 Å². The van der Waals surface area contributed by atoms with Crippen LogP contribution >= 0.6 is 0 Å². The van der Waals surface area contributed by atoms with Gasteiger partial charge >= 0.3 is 6.16 Å². The van der Waals surface area contributed by atoms with Crippen LogP contribution in [0.4, 0.5) is 4.79 Å². The minimum Gasteiger partial charge on any atom is -0.434 e. The molecular weight excluding hydrogens is 276 g/mol. The highest BCUT2D eigenvalue weighted by molar-refractivity contribution is 6.08. The quantitative estimate of drug-likeness (QED) is 0.373. The summed E-state index contributed by atoms with van der Waals surface area (Å²) in [5.41, 5.74) is 2.23. The topological polar surface area (TPSA) is 35.5 Å². The molecule has 3 rings (SSSR count). The highest BCUT2D eigenvalue weighted by Gasteiger charge is 2.16. The maximum Gasteiger partial charge on any atom is 0.513 e. The van der Waals surface area contributed by atoms with E-state index in [4.69, 9.17) is 9.47 Å². The smallest absolute Gasteiger partial charge is 0.434 e. The molecule has 3 aromatic rings. The Labute approximate surface area is 129 Å². The lowest BCUT2D eigenvalue weighted by atomic mass is 9.96. The van der Waals surface area contributed by atoms with E-state index in [2.05, 4.69) is 19.1 Å². The third-order valence-electron chi connectivity index (χ3n) is 3.85. The van der Waals surface area contributed by atoms with Crippen molar-refractivity contribution in [2.45, 2.75) is 20.8 Å². The second kappa shape index (κ2) is 5.68. The summed E-state index contributed by atoms with van der Waals surface area (Å²) in [6.45, 7) is 6.14. The molecule has 0 aromatic heterocycles. The van der Waals surface area contributed by atoms with Crippen LogP contribution < -0.4 is 4.74 Å². The van der Waals surface area contributed by atoms with Crippen LogP contribution in [0.25, 0.3) is 21.5 Å². The molecule has 0 N–H and O–H groups in total. The first kappa shape index (κ1) is 14.4. The second-order valence-corrected chi connectivity index (χ2v) is 5.33. The van der Waals surface area contributed by atoms with Gasteiger partial charge in [-0.05, 0) is 48.7 Å². The van der Waals surface area contributed by atoms with Crippen LogP contribution in [0.2, 0.25) is 0 Å². The van der Waals surface area contributed by atoms with Crippen molar-refractivity contribution in [2.24, 2.45) is 0 Å². The average molecular weight is 294 g/mol. The molecule has 0 saturated heterocycles. The Morgan fingerprint density at radius 2 is 1.73 bits per heavy atom. The lowest BCUT2D eigenvalue weighted by Crippen LogP contribution is -2.11.